The molecule has 1 unspecified atom stereocenters. The van der Waals surface area contributed by atoms with Gasteiger partial charge in [-0.2, -0.15) is 0 Å². The van der Waals surface area contributed by atoms with E-state index in [0.717, 1.165) is 53.8 Å². The maximum atomic E-state index is 14.4. The number of methoxy groups -OCH3 is 1. The Kier molecular flexibility index (Phi) is 10.5. The molecule has 3 aromatic carbocycles. The van der Waals surface area contributed by atoms with E-state index < -0.39 is 28.5 Å². The van der Waals surface area contributed by atoms with E-state index >= 15 is 0 Å². The van der Waals surface area contributed by atoms with Gasteiger partial charge in [0.2, 0.25) is 21.8 Å². The molecular weight excluding hydrogens is 594 g/mol. The van der Waals surface area contributed by atoms with E-state index in [1.165, 1.54) is 4.90 Å². The molecule has 0 bridgehead atoms. The summed E-state index contributed by atoms with van der Waals surface area (Å²) in [5.41, 5.74) is 1.90. The molecule has 240 valence electrons. The molecular formula is C34H41N3O7S. The number of sulfonamides is 1. The van der Waals surface area contributed by atoms with E-state index in [0.29, 0.717) is 30.5 Å². The number of fused-ring (bicyclic) bond motifs is 1. The second-order valence-corrected chi connectivity index (χ2v) is 13.4. The Labute approximate surface area is 265 Å². The Hall–Kier alpha value is -4.25. The van der Waals surface area contributed by atoms with Crippen LogP contribution in [0.2, 0.25) is 0 Å². The van der Waals surface area contributed by atoms with E-state index in [1.807, 2.05) is 48.5 Å². The van der Waals surface area contributed by atoms with Gasteiger partial charge in [0.1, 0.15) is 31.5 Å². The number of nitrogens with zero attached hydrogens (tertiary/aromatic N) is 2. The van der Waals surface area contributed by atoms with Gasteiger partial charge in [-0.05, 0) is 48.2 Å². The van der Waals surface area contributed by atoms with Crippen LogP contribution in [0.3, 0.4) is 0 Å². The van der Waals surface area contributed by atoms with Crippen LogP contribution in [0.5, 0.6) is 17.2 Å². The van der Waals surface area contributed by atoms with E-state index in [2.05, 4.69) is 5.32 Å². The Morgan fingerprint density at radius 2 is 1.62 bits per heavy atom. The van der Waals surface area contributed by atoms with Crippen molar-refractivity contribution in [3.05, 3.63) is 83.9 Å². The molecule has 5 rings (SSSR count). The van der Waals surface area contributed by atoms with E-state index in [9.17, 15) is 18.0 Å². The van der Waals surface area contributed by atoms with Gasteiger partial charge in [-0.25, -0.2) is 8.42 Å². The molecule has 1 heterocycles. The summed E-state index contributed by atoms with van der Waals surface area (Å²) in [7, 11) is -2.35. The van der Waals surface area contributed by atoms with Crippen molar-refractivity contribution < 1.29 is 32.2 Å². The summed E-state index contributed by atoms with van der Waals surface area (Å²) in [5.74, 6) is 0.749. The summed E-state index contributed by atoms with van der Waals surface area (Å²) in [5, 5.41) is 3.21. The van der Waals surface area contributed by atoms with Crippen molar-refractivity contribution in [2.24, 2.45) is 0 Å². The first-order valence-electron chi connectivity index (χ1n) is 15.4. The van der Waals surface area contributed by atoms with Gasteiger partial charge in [0, 0.05) is 25.1 Å². The lowest BCUT2D eigenvalue weighted by molar-refractivity contribution is -0.140. The van der Waals surface area contributed by atoms with Crippen LogP contribution in [0.4, 0.5) is 5.69 Å². The first kappa shape index (κ1) is 32.2. The molecule has 0 aromatic heterocycles. The summed E-state index contributed by atoms with van der Waals surface area (Å²) in [6, 6.07) is 20.8. The Balaban J connectivity index is 1.51. The predicted molar refractivity (Wildman–Crippen MR) is 172 cm³/mol. The van der Waals surface area contributed by atoms with E-state index in [-0.39, 0.29) is 30.6 Å². The number of amides is 2. The third-order valence-corrected chi connectivity index (χ3v) is 9.34. The van der Waals surface area contributed by atoms with Gasteiger partial charge in [-0.3, -0.25) is 13.9 Å². The number of nitrogens with one attached hydrogen (secondary N) is 1. The predicted octanol–water partition coefficient (Wildman–Crippen LogP) is 4.32. The monoisotopic (exact) mass is 635 g/mol. The minimum absolute atomic E-state index is 0.0310. The molecule has 0 saturated heterocycles. The number of benzene rings is 3. The van der Waals surface area contributed by atoms with Gasteiger partial charge >= 0.3 is 0 Å². The van der Waals surface area contributed by atoms with Gasteiger partial charge < -0.3 is 24.4 Å². The molecule has 1 saturated carbocycles. The summed E-state index contributed by atoms with van der Waals surface area (Å²) in [4.78, 5) is 30.0. The number of ether oxygens (including phenoxy) is 3. The molecule has 1 N–H and O–H groups in total. The SMILES string of the molecule is COc1cccc(CN(C(=O)CN(c2ccc3c(c2)OCCO3)S(C)(=O)=O)C(Cc2ccccc2)C(=O)NC2CCCCC2)c1. The van der Waals surface area contributed by atoms with Crippen molar-refractivity contribution >= 4 is 27.5 Å². The standard InChI is InChI=1S/C34H41N3O7S/c1-42-29-15-9-12-26(20-29)23-36(30(21-25-10-5-3-6-11-25)34(39)35-27-13-7-4-8-14-27)33(38)24-37(45(2,40)41)28-16-17-31-32(22-28)44-19-18-43-31/h3,5-6,9-12,15-17,20,22,27,30H,4,7-8,13-14,18-19,21,23-24H2,1-2H3,(H,35,39). The van der Waals surface area contributed by atoms with Gasteiger partial charge in [0.15, 0.2) is 11.5 Å². The number of rotatable bonds is 12. The fourth-order valence-electron chi connectivity index (χ4n) is 5.87. The van der Waals surface area contributed by atoms with Crippen LogP contribution in [0, 0.1) is 0 Å². The quantitative estimate of drug-likeness (QED) is 0.315. The van der Waals surface area contributed by atoms with Crippen molar-refractivity contribution in [2.75, 3.05) is 37.4 Å². The average molecular weight is 636 g/mol. The van der Waals surface area contributed by atoms with Crippen LogP contribution in [0.15, 0.2) is 72.8 Å². The largest absolute Gasteiger partial charge is 0.497 e. The van der Waals surface area contributed by atoms with Gasteiger partial charge in [-0.1, -0.05) is 61.7 Å². The molecule has 1 atom stereocenters. The zero-order valence-electron chi connectivity index (χ0n) is 25.8. The summed E-state index contributed by atoms with van der Waals surface area (Å²) in [6.07, 6.45) is 6.32. The minimum atomic E-state index is -3.92. The van der Waals surface area contributed by atoms with Crippen molar-refractivity contribution in [3.63, 3.8) is 0 Å². The summed E-state index contributed by atoms with van der Waals surface area (Å²) >= 11 is 0. The zero-order valence-corrected chi connectivity index (χ0v) is 26.6. The van der Waals surface area contributed by atoms with Crippen molar-refractivity contribution in [3.8, 4) is 17.2 Å². The molecule has 2 amide bonds. The van der Waals surface area contributed by atoms with Crippen molar-refractivity contribution in [2.45, 2.75) is 57.2 Å². The Morgan fingerprint density at radius 1 is 0.911 bits per heavy atom. The number of hydrogen-bond acceptors (Lipinski definition) is 7. The normalized spacial score (nSPS) is 15.5. The highest BCUT2D eigenvalue weighted by atomic mass is 32.2. The highest BCUT2D eigenvalue weighted by Gasteiger charge is 2.34. The molecule has 0 spiro atoms. The first-order chi connectivity index (χ1) is 21.7. The molecule has 3 aromatic rings. The van der Waals surface area contributed by atoms with Crippen LogP contribution >= 0.6 is 0 Å². The fraction of sp³-hybridized carbons (Fsp3) is 0.412. The second kappa shape index (κ2) is 14.7. The van der Waals surface area contributed by atoms with Crippen LogP contribution in [0.25, 0.3) is 0 Å². The molecule has 10 nitrogen and oxygen atoms in total. The van der Waals surface area contributed by atoms with Crippen LogP contribution in [-0.4, -0.2) is 70.3 Å². The van der Waals surface area contributed by atoms with Crippen molar-refractivity contribution in [1.29, 1.82) is 0 Å². The van der Waals surface area contributed by atoms with Crippen LogP contribution < -0.4 is 23.8 Å². The molecule has 2 aliphatic rings. The summed E-state index contributed by atoms with van der Waals surface area (Å²) < 4.78 is 44.0. The summed E-state index contributed by atoms with van der Waals surface area (Å²) in [6.45, 7) is 0.292. The van der Waals surface area contributed by atoms with Gasteiger partial charge in [-0.15, -0.1) is 0 Å². The molecule has 45 heavy (non-hydrogen) atoms. The Bertz CT molecular complexity index is 1580. The first-order valence-corrected chi connectivity index (χ1v) is 17.2. The number of hydrogen-bond donors (Lipinski definition) is 1. The van der Waals surface area contributed by atoms with E-state index in [4.69, 9.17) is 14.2 Å². The molecule has 1 aliphatic heterocycles. The second-order valence-electron chi connectivity index (χ2n) is 11.5. The molecule has 0 radical (unpaired) electrons. The third kappa shape index (κ3) is 8.48. The smallest absolute Gasteiger partial charge is 0.244 e. The lowest BCUT2D eigenvalue weighted by Gasteiger charge is -2.35. The lowest BCUT2D eigenvalue weighted by Crippen LogP contribution is -2.55. The topological polar surface area (TPSA) is 114 Å². The van der Waals surface area contributed by atoms with Gasteiger partial charge in [0.25, 0.3) is 0 Å². The van der Waals surface area contributed by atoms with E-state index in [1.54, 1.807) is 31.4 Å². The highest BCUT2D eigenvalue weighted by Crippen LogP contribution is 2.35. The maximum Gasteiger partial charge on any atom is 0.244 e. The molecule has 1 aliphatic carbocycles. The minimum Gasteiger partial charge on any atom is -0.497 e. The highest BCUT2D eigenvalue weighted by molar-refractivity contribution is 7.92. The average Bonchev–Trinajstić information content (AvgIpc) is 3.05. The molecule has 1 fully saturated rings. The fourth-order valence-corrected chi connectivity index (χ4v) is 6.71. The lowest BCUT2D eigenvalue weighted by atomic mass is 9.94. The van der Waals surface area contributed by atoms with Gasteiger partial charge in [0.05, 0.1) is 19.1 Å². The number of carbonyl (C=O) groups is 2. The van der Waals surface area contributed by atoms with Crippen molar-refractivity contribution in [1.82, 2.24) is 10.2 Å². The Morgan fingerprint density at radius 3 is 2.33 bits per heavy atom. The van der Waals surface area contributed by atoms with Crippen LogP contribution in [-0.2, 0) is 32.6 Å². The number of carbonyl (C=O) groups excluding carboxylic acids is 2. The molecule has 11 heteroatoms. The third-order valence-electron chi connectivity index (χ3n) is 8.20. The number of anilines is 1. The zero-order chi connectivity index (χ0) is 31.8. The maximum absolute atomic E-state index is 14.4. The van der Waals surface area contributed by atoms with Crippen LogP contribution in [0.1, 0.15) is 43.2 Å².